The zero-order valence-electron chi connectivity index (χ0n) is 10.1. The Kier molecular flexibility index (Phi) is 4.21. The first-order chi connectivity index (χ1) is 9.06. The van der Waals surface area contributed by atoms with E-state index in [9.17, 15) is 13.2 Å². The van der Waals surface area contributed by atoms with Gasteiger partial charge in [-0.05, 0) is 12.1 Å². The van der Waals surface area contributed by atoms with Crippen LogP contribution in [0.15, 0.2) is 36.5 Å². The minimum Gasteiger partial charge on any atom is -0.382 e. The smallest absolute Gasteiger partial charge is 0.382 e. The van der Waals surface area contributed by atoms with Gasteiger partial charge in [0.05, 0.1) is 12.1 Å². The lowest BCUT2D eigenvalue weighted by atomic mass is 10.2. The Hall–Kier alpha value is -1.82. The number of benzene rings is 1. The monoisotopic (exact) mass is 270 g/mol. The minimum absolute atomic E-state index is 0.00381. The van der Waals surface area contributed by atoms with Gasteiger partial charge in [0, 0.05) is 23.8 Å². The van der Waals surface area contributed by atoms with Crippen molar-refractivity contribution in [2.45, 2.75) is 6.18 Å². The third-order valence-corrected chi connectivity index (χ3v) is 2.48. The number of para-hydroxylation sites is 1. The van der Waals surface area contributed by atoms with Crippen LogP contribution >= 0.6 is 0 Å². The van der Waals surface area contributed by atoms with Gasteiger partial charge in [0.2, 0.25) is 0 Å². The minimum atomic E-state index is -4.27. The maximum atomic E-state index is 11.9. The van der Waals surface area contributed by atoms with E-state index in [0.29, 0.717) is 6.54 Å². The van der Waals surface area contributed by atoms with Crippen LogP contribution in [-0.4, -0.2) is 30.9 Å². The molecule has 0 saturated carbocycles. The van der Waals surface area contributed by atoms with Crippen LogP contribution in [0.2, 0.25) is 0 Å². The van der Waals surface area contributed by atoms with Crippen molar-refractivity contribution >= 4 is 16.6 Å². The van der Waals surface area contributed by atoms with Gasteiger partial charge in [-0.15, -0.1) is 0 Å². The molecule has 0 atom stereocenters. The summed E-state index contributed by atoms with van der Waals surface area (Å²) in [6, 6.07) is 9.33. The van der Waals surface area contributed by atoms with Crippen molar-refractivity contribution in [3.63, 3.8) is 0 Å². The Labute approximate surface area is 108 Å². The number of halogens is 3. The molecule has 0 spiro atoms. The van der Waals surface area contributed by atoms with E-state index in [4.69, 9.17) is 0 Å². The average molecular weight is 270 g/mol. The molecule has 2 aromatic rings. The normalized spacial score (nSPS) is 11.7. The number of hydrogen-bond acceptors (Lipinski definition) is 3. The van der Waals surface area contributed by atoms with Crippen LogP contribution in [0.1, 0.15) is 0 Å². The average Bonchev–Trinajstić information content (AvgIpc) is 2.37. The molecule has 19 heavy (non-hydrogen) atoms. The fraction of sp³-hybridized carbons (Fsp3) is 0.308. The van der Waals surface area contributed by atoms with Gasteiger partial charge in [-0.1, -0.05) is 18.2 Å². The van der Waals surface area contributed by atoms with E-state index in [1.54, 1.807) is 12.3 Å². The van der Waals surface area contributed by atoms with Crippen LogP contribution in [-0.2, 0) is 4.74 Å². The maximum Gasteiger partial charge on any atom is 0.411 e. The third-order valence-electron chi connectivity index (χ3n) is 2.48. The second kappa shape index (κ2) is 5.88. The number of ether oxygens (including phenoxy) is 1. The molecule has 1 aromatic carbocycles. The summed E-state index contributed by atoms with van der Waals surface area (Å²) in [4.78, 5) is 4.20. The van der Waals surface area contributed by atoms with Gasteiger partial charge in [0.1, 0.15) is 6.61 Å². The van der Waals surface area contributed by atoms with Crippen molar-refractivity contribution in [3.05, 3.63) is 36.5 Å². The van der Waals surface area contributed by atoms with Crippen molar-refractivity contribution in [1.29, 1.82) is 0 Å². The largest absolute Gasteiger partial charge is 0.411 e. The number of aromatic nitrogens is 1. The molecule has 0 aliphatic heterocycles. The SMILES string of the molecule is FC(F)(F)COCCNc1ccnc2ccccc12. The van der Waals surface area contributed by atoms with E-state index in [2.05, 4.69) is 15.0 Å². The van der Waals surface area contributed by atoms with Crippen LogP contribution in [0.3, 0.4) is 0 Å². The van der Waals surface area contributed by atoms with Crippen molar-refractivity contribution in [1.82, 2.24) is 4.98 Å². The van der Waals surface area contributed by atoms with Crippen LogP contribution in [0.5, 0.6) is 0 Å². The van der Waals surface area contributed by atoms with Gasteiger partial charge in [0.15, 0.2) is 0 Å². The van der Waals surface area contributed by atoms with Gasteiger partial charge in [-0.3, -0.25) is 4.98 Å². The molecule has 3 nitrogen and oxygen atoms in total. The Balaban J connectivity index is 1.88. The summed E-state index contributed by atoms with van der Waals surface area (Å²) >= 11 is 0. The van der Waals surface area contributed by atoms with Gasteiger partial charge in [0.25, 0.3) is 0 Å². The molecule has 2 rings (SSSR count). The van der Waals surface area contributed by atoms with Gasteiger partial charge >= 0.3 is 6.18 Å². The number of fused-ring (bicyclic) bond motifs is 1. The lowest BCUT2D eigenvalue weighted by molar-refractivity contribution is -0.172. The summed E-state index contributed by atoms with van der Waals surface area (Å²) < 4.78 is 40.1. The Morgan fingerprint density at radius 3 is 2.74 bits per heavy atom. The highest BCUT2D eigenvalue weighted by Crippen LogP contribution is 2.20. The Morgan fingerprint density at radius 2 is 1.95 bits per heavy atom. The fourth-order valence-corrected chi connectivity index (χ4v) is 1.70. The van der Waals surface area contributed by atoms with Crippen LogP contribution in [0.25, 0.3) is 10.9 Å². The quantitative estimate of drug-likeness (QED) is 0.847. The summed E-state index contributed by atoms with van der Waals surface area (Å²) in [6.45, 7) is -0.911. The number of hydrogen-bond donors (Lipinski definition) is 1. The Morgan fingerprint density at radius 1 is 1.16 bits per heavy atom. The van der Waals surface area contributed by atoms with Crippen molar-refractivity contribution in [3.8, 4) is 0 Å². The number of nitrogens with one attached hydrogen (secondary N) is 1. The molecule has 1 aromatic heterocycles. The van der Waals surface area contributed by atoms with Crippen LogP contribution in [0.4, 0.5) is 18.9 Å². The van der Waals surface area contributed by atoms with Crippen molar-refractivity contribution in [2.75, 3.05) is 25.1 Å². The summed E-state index contributed by atoms with van der Waals surface area (Å²) in [7, 11) is 0. The van der Waals surface area contributed by atoms with Gasteiger partial charge in [-0.25, -0.2) is 0 Å². The fourth-order valence-electron chi connectivity index (χ4n) is 1.70. The van der Waals surface area contributed by atoms with E-state index >= 15 is 0 Å². The summed E-state index contributed by atoms with van der Waals surface area (Å²) in [5.74, 6) is 0. The molecule has 0 fully saturated rings. The molecule has 0 radical (unpaired) electrons. The second-order valence-corrected chi connectivity index (χ2v) is 3.97. The first-order valence-corrected chi connectivity index (χ1v) is 5.78. The standard InChI is InChI=1S/C13H13F3N2O/c14-13(15,16)9-19-8-7-18-12-5-6-17-11-4-2-1-3-10(11)12/h1-6H,7-9H2,(H,17,18). The zero-order chi connectivity index (χ0) is 13.7. The highest BCUT2D eigenvalue weighted by Gasteiger charge is 2.27. The number of nitrogens with zero attached hydrogens (tertiary/aromatic N) is 1. The molecule has 6 heteroatoms. The highest BCUT2D eigenvalue weighted by atomic mass is 19.4. The molecule has 0 bridgehead atoms. The molecule has 0 aliphatic carbocycles. The number of pyridine rings is 1. The maximum absolute atomic E-state index is 11.9. The topological polar surface area (TPSA) is 34.1 Å². The van der Waals surface area contributed by atoms with E-state index in [-0.39, 0.29) is 6.61 Å². The molecular weight excluding hydrogens is 257 g/mol. The summed E-state index contributed by atoms with van der Waals surface area (Å²) in [5, 5.41) is 3.97. The molecule has 102 valence electrons. The molecule has 0 aliphatic rings. The van der Waals surface area contributed by atoms with Crippen LogP contribution < -0.4 is 5.32 Å². The van der Waals surface area contributed by atoms with Crippen molar-refractivity contribution in [2.24, 2.45) is 0 Å². The lowest BCUT2D eigenvalue weighted by Gasteiger charge is -2.10. The van der Waals surface area contributed by atoms with Crippen LogP contribution in [0, 0.1) is 0 Å². The van der Waals surface area contributed by atoms with E-state index in [0.717, 1.165) is 16.6 Å². The number of anilines is 1. The molecule has 0 amide bonds. The number of alkyl halides is 3. The van der Waals surface area contributed by atoms with Gasteiger partial charge < -0.3 is 10.1 Å². The predicted octanol–water partition coefficient (Wildman–Crippen LogP) is 3.23. The van der Waals surface area contributed by atoms with Gasteiger partial charge in [-0.2, -0.15) is 13.2 Å². The lowest BCUT2D eigenvalue weighted by Crippen LogP contribution is -2.20. The molecule has 1 heterocycles. The Bertz CT molecular complexity index is 537. The second-order valence-electron chi connectivity index (χ2n) is 3.97. The van der Waals surface area contributed by atoms with Crippen molar-refractivity contribution < 1.29 is 17.9 Å². The summed E-state index contributed by atoms with van der Waals surface area (Å²) in [6.07, 6.45) is -2.62. The van der Waals surface area contributed by atoms with E-state index in [1.807, 2.05) is 24.3 Å². The third kappa shape index (κ3) is 4.10. The van der Waals surface area contributed by atoms with E-state index in [1.165, 1.54) is 0 Å². The molecular formula is C13H13F3N2O. The highest BCUT2D eigenvalue weighted by molar-refractivity contribution is 5.90. The first-order valence-electron chi connectivity index (χ1n) is 5.78. The first kappa shape index (κ1) is 13.6. The number of rotatable bonds is 5. The zero-order valence-corrected chi connectivity index (χ0v) is 10.1. The summed E-state index contributed by atoms with van der Waals surface area (Å²) in [5.41, 5.74) is 1.67. The predicted molar refractivity (Wildman–Crippen MR) is 67.1 cm³/mol. The molecule has 0 unspecified atom stereocenters. The van der Waals surface area contributed by atoms with E-state index < -0.39 is 12.8 Å². The molecule has 1 N–H and O–H groups in total. The molecule has 0 saturated heterocycles.